The van der Waals surface area contributed by atoms with Crippen LogP contribution >= 0.6 is 11.6 Å². The molecule has 0 saturated carbocycles. The molecule has 98 valence electrons. The van der Waals surface area contributed by atoms with E-state index in [1.165, 1.54) is 7.11 Å². The topological polar surface area (TPSA) is 55.4 Å². The quantitative estimate of drug-likeness (QED) is 0.627. The zero-order valence-corrected chi connectivity index (χ0v) is 11.1. The monoisotopic (exact) mass is 277 g/mol. The van der Waals surface area contributed by atoms with E-state index in [0.717, 1.165) is 0 Å². The summed E-state index contributed by atoms with van der Waals surface area (Å²) in [5.41, 5.74) is 1.02. The molecule has 1 amide bonds. The van der Waals surface area contributed by atoms with Crippen LogP contribution in [-0.4, -0.2) is 25.5 Å². The predicted octanol–water partition coefficient (Wildman–Crippen LogP) is 1.61. The van der Waals surface area contributed by atoms with Crippen molar-refractivity contribution in [3.8, 4) is 11.8 Å². The van der Waals surface area contributed by atoms with Gasteiger partial charge in [0.05, 0.1) is 17.7 Å². The normalized spacial score (nSPS) is 17.4. The molecule has 0 aliphatic carbocycles. The first kappa shape index (κ1) is 13.4. The van der Waals surface area contributed by atoms with Gasteiger partial charge >= 0.3 is 5.97 Å². The number of benzene rings is 1. The van der Waals surface area contributed by atoms with Crippen LogP contribution in [0, 0.1) is 17.8 Å². The molecule has 1 saturated heterocycles. The highest BCUT2D eigenvalue weighted by atomic mass is 35.5. The first-order chi connectivity index (χ1) is 9.10. The van der Waals surface area contributed by atoms with Gasteiger partial charge in [0.1, 0.15) is 0 Å². The van der Waals surface area contributed by atoms with Gasteiger partial charge in [0.25, 0.3) is 0 Å². The molecule has 1 fully saturated rings. The molecule has 2 rings (SSSR count). The van der Waals surface area contributed by atoms with Crippen molar-refractivity contribution in [2.75, 3.05) is 13.7 Å². The maximum atomic E-state index is 11.4. The molecule has 0 radical (unpaired) electrons. The van der Waals surface area contributed by atoms with Crippen LogP contribution in [0.3, 0.4) is 0 Å². The molecule has 1 aromatic rings. The van der Waals surface area contributed by atoms with Crippen LogP contribution in [0.4, 0.5) is 0 Å². The Labute approximate surface area is 116 Å². The van der Waals surface area contributed by atoms with E-state index in [2.05, 4.69) is 21.9 Å². The molecular weight excluding hydrogens is 266 g/mol. The van der Waals surface area contributed by atoms with Crippen molar-refractivity contribution in [3.05, 3.63) is 34.3 Å². The molecule has 1 atom stereocenters. The van der Waals surface area contributed by atoms with Gasteiger partial charge in [-0.3, -0.25) is 4.79 Å². The predicted molar refractivity (Wildman–Crippen MR) is 70.8 cm³/mol. The number of hydrogen-bond donors (Lipinski definition) is 1. The Balaban J connectivity index is 2.14. The van der Waals surface area contributed by atoms with Crippen molar-refractivity contribution in [1.29, 1.82) is 0 Å². The molecule has 1 unspecified atom stereocenters. The summed E-state index contributed by atoms with van der Waals surface area (Å²) in [6.07, 6.45) is 0.432. The van der Waals surface area contributed by atoms with E-state index >= 15 is 0 Å². The van der Waals surface area contributed by atoms with E-state index in [1.54, 1.807) is 18.2 Å². The molecule has 1 aliphatic rings. The highest BCUT2D eigenvalue weighted by Gasteiger charge is 2.18. The SMILES string of the molecule is COC(=O)c1ccc(C#CC2CNC(=O)C2)cc1Cl. The number of halogens is 1. The van der Waals surface area contributed by atoms with Crippen molar-refractivity contribution in [2.45, 2.75) is 6.42 Å². The van der Waals surface area contributed by atoms with Crippen LogP contribution in [0.25, 0.3) is 0 Å². The van der Waals surface area contributed by atoms with Gasteiger partial charge in [-0.15, -0.1) is 0 Å². The standard InChI is InChI=1S/C14H12ClNO3/c1-19-14(18)11-5-4-9(6-12(11)15)2-3-10-7-13(17)16-8-10/h4-6,10H,7-8H2,1H3,(H,16,17). The number of ether oxygens (including phenoxy) is 1. The van der Waals surface area contributed by atoms with Gasteiger partial charge < -0.3 is 10.1 Å². The smallest absolute Gasteiger partial charge is 0.339 e. The lowest BCUT2D eigenvalue weighted by Gasteiger charge is -2.02. The minimum Gasteiger partial charge on any atom is -0.465 e. The number of esters is 1. The maximum absolute atomic E-state index is 11.4. The molecular formula is C14H12ClNO3. The summed E-state index contributed by atoms with van der Waals surface area (Å²) >= 11 is 5.99. The van der Waals surface area contributed by atoms with Crippen LogP contribution in [0.2, 0.25) is 5.02 Å². The van der Waals surface area contributed by atoms with Crippen LogP contribution in [0.5, 0.6) is 0 Å². The lowest BCUT2D eigenvalue weighted by Crippen LogP contribution is -2.13. The second-order valence-electron chi connectivity index (χ2n) is 4.16. The largest absolute Gasteiger partial charge is 0.465 e. The lowest BCUT2D eigenvalue weighted by atomic mass is 10.1. The third-order valence-electron chi connectivity index (χ3n) is 2.77. The van der Waals surface area contributed by atoms with Crippen molar-refractivity contribution in [3.63, 3.8) is 0 Å². The van der Waals surface area contributed by atoms with E-state index in [-0.39, 0.29) is 11.8 Å². The fraction of sp³-hybridized carbons (Fsp3) is 0.286. The number of carbonyl (C=O) groups excluding carboxylic acids is 2. The lowest BCUT2D eigenvalue weighted by molar-refractivity contribution is -0.119. The molecule has 19 heavy (non-hydrogen) atoms. The number of hydrogen-bond acceptors (Lipinski definition) is 3. The number of methoxy groups -OCH3 is 1. The molecule has 5 heteroatoms. The van der Waals surface area contributed by atoms with Gasteiger partial charge in [-0.05, 0) is 18.2 Å². The van der Waals surface area contributed by atoms with Gasteiger partial charge in [-0.1, -0.05) is 23.4 Å². The van der Waals surface area contributed by atoms with E-state index in [4.69, 9.17) is 11.6 Å². The van der Waals surface area contributed by atoms with Crippen molar-refractivity contribution >= 4 is 23.5 Å². The molecule has 4 nitrogen and oxygen atoms in total. The Hall–Kier alpha value is -1.99. The summed E-state index contributed by atoms with van der Waals surface area (Å²) in [6.45, 7) is 0.583. The third kappa shape index (κ3) is 3.27. The number of amides is 1. The highest BCUT2D eigenvalue weighted by Crippen LogP contribution is 2.18. The number of nitrogens with one attached hydrogen (secondary N) is 1. The summed E-state index contributed by atoms with van der Waals surface area (Å²) in [6, 6.07) is 4.90. The Kier molecular flexibility index (Phi) is 4.08. The average molecular weight is 278 g/mol. The highest BCUT2D eigenvalue weighted by molar-refractivity contribution is 6.33. The Morgan fingerprint density at radius 3 is 2.89 bits per heavy atom. The minimum absolute atomic E-state index is 0.0263. The number of rotatable bonds is 1. The molecule has 0 spiro atoms. The summed E-state index contributed by atoms with van der Waals surface area (Å²) in [5, 5.41) is 3.03. The Morgan fingerprint density at radius 1 is 1.53 bits per heavy atom. The van der Waals surface area contributed by atoms with Crippen molar-refractivity contribution < 1.29 is 14.3 Å². The molecule has 0 aromatic heterocycles. The summed E-state index contributed by atoms with van der Waals surface area (Å²) < 4.78 is 4.60. The first-order valence-corrected chi connectivity index (χ1v) is 6.14. The van der Waals surface area contributed by atoms with Gasteiger partial charge in [-0.2, -0.15) is 0 Å². The second-order valence-corrected chi connectivity index (χ2v) is 4.57. The van der Waals surface area contributed by atoms with E-state index in [0.29, 0.717) is 29.1 Å². The number of carbonyl (C=O) groups is 2. The average Bonchev–Trinajstić information content (AvgIpc) is 2.81. The third-order valence-corrected chi connectivity index (χ3v) is 3.09. The van der Waals surface area contributed by atoms with Crippen LogP contribution < -0.4 is 5.32 Å². The van der Waals surface area contributed by atoms with E-state index in [1.807, 2.05) is 0 Å². The Bertz CT molecular complexity index is 586. The summed E-state index contributed by atoms with van der Waals surface area (Å²) in [7, 11) is 1.30. The molecule has 0 bridgehead atoms. The van der Waals surface area contributed by atoms with Gasteiger partial charge in [0.2, 0.25) is 5.91 Å². The molecule has 1 heterocycles. The van der Waals surface area contributed by atoms with Crippen LogP contribution in [0.15, 0.2) is 18.2 Å². The summed E-state index contributed by atoms with van der Waals surface area (Å²) in [4.78, 5) is 22.4. The minimum atomic E-state index is -0.477. The van der Waals surface area contributed by atoms with Crippen LogP contribution in [0.1, 0.15) is 22.3 Å². The van der Waals surface area contributed by atoms with E-state index < -0.39 is 5.97 Å². The fourth-order valence-corrected chi connectivity index (χ4v) is 2.02. The second kappa shape index (κ2) is 5.77. The molecule has 1 N–H and O–H groups in total. The van der Waals surface area contributed by atoms with Crippen molar-refractivity contribution in [1.82, 2.24) is 5.32 Å². The van der Waals surface area contributed by atoms with Gasteiger partial charge in [0, 0.05) is 24.4 Å². The van der Waals surface area contributed by atoms with Crippen LogP contribution in [-0.2, 0) is 9.53 Å². The maximum Gasteiger partial charge on any atom is 0.339 e. The fourth-order valence-electron chi connectivity index (χ4n) is 1.76. The zero-order chi connectivity index (χ0) is 13.8. The summed E-state index contributed by atoms with van der Waals surface area (Å²) in [5.74, 6) is 5.55. The van der Waals surface area contributed by atoms with Crippen molar-refractivity contribution in [2.24, 2.45) is 5.92 Å². The first-order valence-electron chi connectivity index (χ1n) is 5.76. The van der Waals surface area contributed by atoms with Gasteiger partial charge in [0.15, 0.2) is 0 Å². The van der Waals surface area contributed by atoms with Gasteiger partial charge in [-0.25, -0.2) is 4.79 Å². The Morgan fingerprint density at radius 2 is 2.32 bits per heavy atom. The molecule has 1 aliphatic heterocycles. The molecule has 1 aromatic carbocycles. The zero-order valence-electron chi connectivity index (χ0n) is 10.3. The van der Waals surface area contributed by atoms with E-state index in [9.17, 15) is 9.59 Å².